The molecule has 2 aromatic rings. The largest absolute Gasteiger partial charge is 0.465 e. The molecular weight excluding hydrogens is 272 g/mol. The van der Waals surface area contributed by atoms with Crippen LogP contribution in [0.25, 0.3) is 0 Å². The van der Waals surface area contributed by atoms with E-state index in [-0.39, 0.29) is 0 Å². The van der Waals surface area contributed by atoms with E-state index in [1.54, 1.807) is 0 Å². The second kappa shape index (κ2) is 6.93. The molecule has 0 amide bonds. The van der Waals surface area contributed by atoms with E-state index >= 15 is 0 Å². The number of halogens is 1. The van der Waals surface area contributed by atoms with Crippen LogP contribution < -0.4 is 5.32 Å². The molecule has 3 nitrogen and oxygen atoms in total. The van der Waals surface area contributed by atoms with Gasteiger partial charge < -0.3 is 9.73 Å². The standard InChI is InChI=1S/C16H21ClN2O/c1-12-14(8-16(20-12)9-18-2)11-19(3)10-13-5-4-6-15(17)7-13/h4-8,18H,9-11H2,1-3H3. The fourth-order valence-electron chi connectivity index (χ4n) is 2.30. The monoisotopic (exact) mass is 292 g/mol. The maximum atomic E-state index is 6.01. The Labute approximate surface area is 125 Å². The first-order chi connectivity index (χ1) is 9.58. The second-order valence-electron chi connectivity index (χ2n) is 5.13. The van der Waals surface area contributed by atoms with Crippen LogP contribution in [0.3, 0.4) is 0 Å². The molecule has 0 unspecified atom stereocenters. The summed E-state index contributed by atoms with van der Waals surface area (Å²) in [7, 11) is 4.02. The number of furan rings is 1. The van der Waals surface area contributed by atoms with Crippen molar-refractivity contribution in [2.24, 2.45) is 0 Å². The van der Waals surface area contributed by atoms with Crippen molar-refractivity contribution >= 4 is 11.6 Å². The molecule has 0 fully saturated rings. The Morgan fingerprint density at radius 1 is 1.25 bits per heavy atom. The molecule has 1 N–H and O–H groups in total. The van der Waals surface area contributed by atoms with Crippen molar-refractivity contribution in [3.05, 3.63) is 58.0 Å². The van der Waals surface area contributed by atoms with Crippen LogP contribution in [-0.2, 0) is 19.6 Å². The lowest BCUT2D eigenvalue weighted by Gasteiger charge is -2.16. The van der Waals surface area contributed by atoms with E-state index in [4.69, 9.17) is 16.0 Å². The highest BCUT2D eigenvalue weighted by atomic mass is 35.5. The Hall–Kier alpha value is -1.29. The van der Waals surface area contributed by atoms with E-state index in [9.17, 15) is 0 Å². The van der Waals surface area contributed by atoms with Gasteiger partial charge in [0.2, 0.25) is 0 Å². The van der Waals surface area contributed by atoms with Gasteiger partial charge in [-0.1, -0.05) is 23.7 Å². The third-order valence-electron chi connectivity index (χ3n) is 3.20. The minimum atomic E-state index is 0.763. The van der Waals surface area contributed by atoms with E-state index in [2.05, 4.69) is 29.4 Å². The number of nitrogens with zero attached hydrogens (tertiary/aromatic N) is 1. The summed E-state index contributed by atoms with van der Waals surface area (Å²) in [4.78, 5) is 2.26. The molecule has 0 radical (unpaired) electrons. The molecule has 0 saturated heterocycles. The molecule has 0 aliphatic carbocycles. The molecule has 20 heavy (non-hydrogen) atoms. The first-order valence-corrected chi connectivity index (χ1v) is 7.12. The van der Waals surface area contributed by atoms with E-state index in [1.165, 1.54) is 11.1 Å². The van der Waals surface area contributed by atoms with Crippen LogP contribution >= 0.6 is 11.6 Å². The van der Waals surface area contributed by atoms with Crippen molar-refractivity contribution in [1.82, 2.24) is 10.2 Å². The topological polar surface area (TPSA) is 28.4 Å². The van der Waals surface area contributed by atoms with E-state index in [1.807, 2.05) is 32.2 Å². The Balaban J connectivity index is 1.99. The molecule has 0 saturated carbocycles. The molecule has 1 aromatic carbocycles. The van der Waals surface area contributed by atoms with Crippen LogP contribution in [0, 0.1) is 6.92 Å². The van der Waals surface area contributed by atoms with Gasteiger partial charge >= 0.3 is 0 Å². The molecule has 4 heteroatoms. The van der Waals surface area contributed by atoms with Gasteiger partial charge in [-0.25, -0.2) is 0 Å². The molecule has 0 atom stereocenters. The molecule has 108 valence electrons. The highest BCUT2D eigenvalue weighted by Crippen LogP contribution is 2.18. The number of nitrogens with one attached hydrogen (secondary N) is 1. The smallest absolute Gasteiger partial charge is 0.118 e. The highest BCUT2D eigenvalue weighted by molar-refractivity contribution is 6.30. The summed E-state index contributed by atoms with van der Waals surface area (Å²) >= 11 is 6.01. The fourth-order valence-corrected chi connectivity index (χ4v) is 2.51. The van der Waals surface area contributed by atoms with Crippen LogP contribution in [0.4, 0.5) is 0 Å². The van der Waals surface area contributed by atoms with Gasteiger partial charge in [0, 0.05) is 23.7 Å². The lowest BCUT2D eigenvalue weighted by molar-refractivity contribution is 0.316. The summed E-state index contributed by atoms with van der Waals surface area (Å²) in [6.45, 7) is 4.51. The Bertz CT molecular complexity index is 565. The minimum Gasteiger partial charge on any atom is -0.465 e. The summed E-state index contributed by atoms with van der Waals surface area (Å²) < 4.78 is 5.71. The zero-order chi connectivity index (χ0) is 14.5. The lowest BCUT2D eigenvalue weighted by Crippen LogP contribution is -2.17. The summed E-state index contributed by atoms with van der Waals surface area (Å²) in [6, 6.07) is 10.1. The van der Waals surface area contributed by atoms with Crippen LogP contribution in [0.2, 0.25) is 5.02 Å². The zero-order valence-electron chi connectivity index (χ0n) is 12.2. The maximum absolute atomic E-state index is 6.01. The number of hydrogen-bond acceptors (Lipinski definition) is 3. The average Bonchev–Trinajstić information content (AvgIpc) is 2.70. The van der Waals surface area contributed by atoms with Crippen molar-refractivity contribution < 1.29 is 4.42 Å². The summed E-state index contributed by atoms with van der Waals surface area (Å²) in [5, 5.41) is 3.89. The molecular formula is C16H21ClN2O. The maximum Gasteiger partial charge on any atom is 0.118 e. The minimum absolute atomic E-state index is 0.763. The van der Waals surface area contributed by atoms with Crippen molar-refractivity contribution in [3.8, 4) is 0 Å². The predicted molar refractivity (Wildman–Crippen MR) is 82.8 cm³/mol. The van der Waals surface area contributed by atoms with Gasteiger partial charge in [0.1, 0.15) is 11.5 Å². The van der Waals surface area contributed by atoms with Gasteiger partial charge in [-0.2, -0.15) is 0 Å². The Kier molecular flexibility index (Phi) is 5.24. The summed E-state index contributed by atoms with van der Waals surface area (Å²) in [6.07, 6.45) is 0. The predicted octanol–water partition coefficient (Wildman–Crippen LogP) is 3.59. The lowest BCUT2D eigenvalue weighted by atomic mass is 10.2. The summed E-state index contributed by atoms with van der Waals surface area (Å²) in [5.74, 6) is 1.98. The van der Waals surface area contributed by atoms with E-state index < -0.39 is 0 Å². The quantitative estimate of drug-likeness (QED) is 0.882. The number of rotatable bonds is 6. The van der Waals surface area contributed by atoms with Crippen LogP contribution in [0.15, 0.2) is 34.7 Å². The number of benzene rings is 1. The van der Waals surface area contributed by atoms with Crippen molar-refractivity contribution in [2.45, 2.75) is 26.6 Å². The van der Waals surface area contributed by atoms with Crippen molar-refractivity contribution in [3.63, 3.8) is 0 Å². The van der Waals surface area contributed by atoms with E-state index in [0.717, 1.165) is 36.2 Å². The summed E-state index contributed by atoms with van der Waals surface area (Å²) in [5.41, 5.74) is 2.45. The van der Waals surface area contributed by atoms with Gasteiger partial charge in [-0.05, 0) is 44.8 Å². The molecule has 0 aliphatic rings. The highest BCUT2D eigenvalue weighted by Gasteiger charge is 2.10. The fraction of sp³-hybridized carbons (Fsp3) is 0.375. The molecule has 0 spiro atoms. The normalized spacial score (nSPS) is 11.2. The third-order valence-corrected chi connectivity index (χ3v) is 3.44. The Morgan fingerprint density at radius 3 is 2.75 bits per heavy atom. The first-order valence-electron chi connectivity index (χ1n) is 6.74. The first kappa shape index (κ1) is 15.1. The molecule has 0 aliphatic heterocycles. The van der Waals surface area contributed by atoms with Gasteiger partial charge in [0.15, 0.2) is 0 Å². The van der Waals surface area contributed by atoms with Crippen LogP contribution in [0.5, 0.6) is 0 Å². The van der Waals surface area contributed by atoms with E-state index in [0.29, 0.717) is 0 Å². The number of hydrogen-bond donors (Lipinski definition) is 1. The van der Waals surface area contributed by atoms with Crippen LogP contribution in [0.1, 0.15) is 22.6 Å². The van der Waals surface area contributed by atoms with Gasteiger partial charge in [-0.15, -0.1) is 0 Å². The third kappa shape index (κ3) is 4.10. The van der Waals surface area contributed by atoms with Crippen molar-refractivity contribution in [1.29, 1.82) is 0 Å². The molecule has 1 heterocycles. The molecule has 2 rings (SSSR count). The zero-order valence-corrected chi connectivity index (χ0v) is 13.0. The van der Waals surface area contributed by atoms with Crippen molar-refractivity contribution in [2.75, 3.05) is 14.1 Å². The SMILES string of the molecule is CNCc1cc(CN(C)Cc2cccc(Cl)c2)c(C)o1. The number of aryl methyl sites for hydroxylation is 1. The molecule has 1 aromatic heterocycles. The average molecular weight is 293 g/mol. The van der Waals surface area contributed by atoms with Crippen LogP contribution in [-0.4, -0.2) is 19.0 Å². The second-order valence-corrected chi connectivity index (χ2v) is 5.56. The van der Waals surface area contributed by atoms with Gasteiger partial charge in [-0.3, -0.25) is 4.90 Å². The van der Waals surface area contributed by atoms with Gasteiger partial charge in [0.05, 0.1) is 6.54 Å². The molecule has 0 bridgehead atoms. The Morgan fingerprint density at radius 2 is 2.05 bits per heavy atom. The van der Waals surface area contributed by atoms with Gasteiger partial charge in [0.25, 0.3) is 0 Å².